The van der Waals surface area contributed by atoms with Crippen LogP contribution in [0.2, 0.25) is 0 Å². The van der Waals surface area contributed by atoms with Crippen LogP contribution in [0.5, 0.6) is 0 Å². The van der Waals surface area contributed by atoms with Crippen molar-refractivity contribution in [2.45, 2.75) is 69.3 Å². The highest BCUT2D eigenvalue weighted by Gasteiger charge is 2.58. The van der Waals surface area contributed by atoms with Gasteiger partial charge in [0.15, 0.2) is 0 Å². The van der Waals surface area contributed by atoms with Crippen molar-refractivity contribution in [3.05, 3.63) is 27.1 Å². The minimum atomic E-state index is -0.329. The highest BCUT2D eigenvalue weighted by molar-refractivity contribution is 7.20. The zero-order valence-corrected chi connectivity index (χ0v) is 18.1. The fourth-order valence-corrected chi connectivity index (χ4v) is 7.49. The zero-order valence-electron chi connectivity index (χ0n) is 17.3. The summed E-state index contributed by atoms with van der Waals surface area (Å²) in [5.74, 6) is 0.201. The molecule has 1 spiro atoms. The molecule has 164 valence electrons. The molecule has 3 N–H and O–H groups in total. The van der Waals surface area contributed by atoms with Crippen LogP contribution in [0.3, 0.4) is 0 Å². The highest BCUT2D eigenvalue weighted by atomic mass is 32.1. The van der Waals surface area contributed by atoms with Gasteiger partial charge >= 0.3 is 6.03 Å². The Hall–Kier alpha value is -2.46. The van der Waals surface area contributed by atoms with Gasteiger partial charge in [0.25, 0.3) is 11.5 Å². The number of urea groups is 1. The van der Waals surface area contributed by atoms with Crippen molar-refractivity contribution >= 4 is 33.5 Å². The lowest BCUT2D eigenvalue weighted by Gasteiger charge is -2.55. The van der Waals surface area contributed by atoms with Gasteiger partial charge in [-0.1, -0.05) is 0 Å². The fourth-order valence-electron chi connectivity index (χ4n) is 6.40. The van der Waals surface area contributed by atoms with Gasteiger partial charge in [0.2, 0.25) is 0 Å². The molecule has 0 saturated carbocycles. The molecule has 4 aliphatic heterocycles. The Morgan fingerprint density at radius 1 is 1.26 bits per heavy atom. The molecule has 31 heavy (non-hydrogen) atoms. The van der Waals surface area contributed by atoms with E-state index in [9.17, 15) is 14.4 Å². The van der Waals surface area contributed by atoms with Gasteiger partial charge in [0.05, 0.1) is 22.1 Å². The van der Waals surface area contributed by atoms with Gasteiger partial charge in [0, 0.05) is 24.6 Å². The number of hydrogen-bond acceptors (Lipinski definition) is 6. The van der Waals surface area contributed by atoms with E-state index in [1.807, 2.05) is 11.8 Å². The summed E-state index contributed by atoms with van der Waals surface area (Å²) in [6.45, 7) is 2.50. The molecule has 0 aliphatic carbocycles. The Morgan fingerprint density at radius 3 is 2.77 bits per heavy atom. The minimum Gasteiger partial charge on any atom is -0.358 e. The average molecular weight is 444 g/mol. The second-order valence-electron chi connectivity index (χ2n) is 9.27. The summed E-state index contributed by atoms with van der Waals surface area (Å²) in [6, 6.07) is -0.0286. The molecule has 4 saturated heterocycles. The summed E-state index contributed by atoms with van der Waals surface area (Å²) in [4.78, 5) is 48.4. The number of aryl methyl sites for hydroxylation is 1. The van der Waals surface area contributed by atoms with Crippen LogP contribution in [0.15, 0.2) is 11.1 Å². The minimum absolute atomic E-state index is 0.0149. The lowest BCUT2D eigenvalue weighted by Crippen LogP contribution is -2.73. The van der Waals surface area contributed by atoms with Crippen molar-refractivity contribution in [2.24, 2.45) is 5.92 Å². The number of H-pyrrole nitrogens is 1. The van der Waals surface area contributed by atoms with E-state index in [1.165, 1.54) is 17.7 Å². The maximum absolute atomic E-state index is 13.7. The number of thiophene rings is 1. The number of rotatable bonds is 1. The number of carbonyl (C=O) groups excluding carboxylic acids is 2. The number of ether oxygens (including phenoxy) is 1. The van der Waals surface area contributed by atoms with Crippen LogP contribution >= 0.6 is 11.3 Å². The van der Waals surface area contributed by atoms with Crippen LogP contribution in [0, 0.1) is 12.8 Å². The predicted octanol–water partition coefficient (Wildman–Crippen LogP) is 1.86. The summed E-state index contributed by atoms with van der Waals surface area (Å²) < 4.78 is 5.88. The number of aromatic nitrogens is 2. The zero-order chi connectivity index (χ0) is 21.3. The van der Waals surface area contributed by atoms with Crippen LogP contribution < -0.4 is 16.2 Å². The molecule has 3 amide bonds. The van der Waals surface area contributed by atoms with Gasteiger partial charge in [0.1, 0.15) is 11.1 Å². The first-order valence-electron chi connectivity index (χ1n) is 11.0. The standard InChI is InChI=1S/C21H25N5O4S/c1-10-14-16(27)22-9-23-18(14)31-15(10)19(28)26-11-4-5-12(26)8-21(7-11)13-3-2-6-30-17(13)24-20(29)25-21/h9,11-13,17H,2-8H2,1H3,(H,22,23,27)(H2,24,25,29)/t11?,12?,13-,17+,21?/m1/s1. The Balaban J connectivity index is 1.33. The van der Waals surface area contributed by atoms with E-state index in [-0.39, 0.29) is 47.3 Å². The molecule has 6 rings (SSSR count). The molecule has 2 bridgehead atoms. The molecule has 2 aromatic rings. The second-order valence-corrected chi connectivity index (χ2v) is 10.3. The number of fused-ring (bicyclic) bond motifs is 5. The molecular formula is C21H25N5O4S. The van der Waals surface area contributed by atoms with E-state index in [2.05, 4.69) is 20.6 Å². The van der Waals surface area contributed by atoms with Crippen LogP contribution in [0.25, 0.3) is 10.2 Å². The molecule has 4 aliphatic rings. The number of hydrogen-bond donors (Lipinski definition) is 3. The Bertz CT molecular complexity index is 1130. The predicted molar refractivity (Wildman–Crippen MR) is 114 cm³/mol. The maximum atomic E-state index is 13.7. The van der Waals surface area contributed by atoms with Crippen molar-refractivity contribution in [3.8, 4) is 0 Å². The maximum Gasteiger partial charge on any atom is 0.317 e. The highest BCUT2D eigenvalue weighted by Crippen LogP contribution is 2.48. The number of aromatic amines is 1. The molecule has 0 aromatic carbocycles. The Labute approximate surface area is 182 Å². The first kappa shape index (κ1) is 19.2. The van der Waals surface area contributed by atoms with Gasteiger partial charge in [-0.15, -0.1) is 11.3 Å². The first-order valence-corrected chi connectivity index (χ1v) is 11.8. The van der Waals surface area contributed by atoms with Gasteiger partial charge in [-0.05, 0) is 51.0 Å². The summed E-state index contributed by atoms with van der Waals surface area (Å²) in [5.41, 5.74) is 0.165. The van der Waals surface area contributed by atoms with Crippen molar-refractivity contribution in [2.75, 3.05) is 6.61 Å². The molecule has 4 fully saturated rings. The quantitative estimate of drug-likeness (QED) is 0.622. The van der Waals surface area contributed by atoms with Crippen LogP contribution in [0.1, 0.15) is 53.8 Å². The van der Waals surface area contributed by atoms with Gasteiger partial charge in [-0.25, -0.2) is 9.78 Å². The van der Waals surface area contributed by atoms with Crippen LogP contribution in [0.4, 0.5) is 4.79 Å². The fraction of sp³-hybridized carbons (Fsp3) is 0.619. The van der Waals surface area contributed by atoms with Crippen molar-refractivity contribution in [1.82, 2.24) is 25.5 Å². The van der Waals surface area contributed by atoms with Gasteiger partial charge < -0.3 is 25.3 Å². The van der Waals surface area contributed by atoms with Gasteiger partial charge in [-0.3, -0.25) is 9.59 Å². The first-order chi connectivity index (χ1) is 15.0. The monoisotopic (exact) mass is 443 g/mol. The smallest absolute Gasteiger partial charge is 0.317 e. The number of nitrogens with zero attached hydrogens (tertiary/aromatic N) is 2. The van der Waals surface area contributed by atoms with Gasteiger partial charge in [-0.2, -0.15) is 0 Å². The molecule has 0 radical (unpaired) electrons. The largest absolute Gasteiger partial charge is 0.358 e. The number of carbonyl (C=O) groups is 2. The number of piperidine rings is 1. The number of nitrogens with one attached hydrogen (secondary N) is 3. The third kappa shape index (κ3) is 2.77. The van der Waals surface area contributed by atoms with E-state index in [1.54, 1.807) is 0 Å². The molecule has 4 atom stereocenters. The van der Waals surface area contributed by atoms with Crippen molar-refractivity contribution in [1.29, 1.82) is 0 Å². The summed E-state index contributed by atoms with van der Waals surface area (Å²) in [5, 5.41) is 6.69. The number of amides is 3. The second kappa shape index (κ2) is 6.77. The molecule has 9 nitrogen and oxygen atoms in total. The lowest BCUT2D eigenvalue weighted by molar-refractivity contribution is -0.0992. The van der Waals surface area contributed by atoms with E-state index >= 15 is 0 Å². The SMILES string of the molecule is Cc1c(C(=O)N2C3CCC2CC2(C3)NC(=O)N[C@H]3OCCC[C@H]32)sc2nc[nH]c(=O)c12. The molecule has 2 unspecified atom stereocenters. The normalized spacial score (nSPS) is 34.5. The Kier molecular flexibility index (Phi) is 4.20. The summed E-state index contributed by atoms with van der Waals surface area (Å²) in [7, 11) is 0. The molecular weight excluding hydrogens is 418 g/mol. The summed E-state index contributed by atoms with van der Waals surface area (Å²) >= 11 is 1.30. The third-order valence-corrected chi connectivity index (χ3v) is 8.84. The molecule has 2 aromatic heterocycles. The van der Waals surface area contributed by atoms with Crippen molar-refractivity contribution < 1.29 is 14.3 Å². The van der Waals surface area contributed by atoms with Crippen LogP contribution in [-0.4, -0.2) is 57.3 Å². The topological polar surface area (TPSA) is 116 Å². The van der Waals surface area contributed by atoms with Crippen LogP contribution in [-0.2, 0) is 4.74 Å². The molecule has 10 heteroatoms. The molecule has 6 heterocycles. The average Bonchev–Trinajstić information content (AvgIpc) is 3.23. The van der Waals surface area contributed by atoms with E-state index in [4.69, 9.17) is 4.74 Å². The Morgan fingerprint density at radius 2 is 2.03 bits per heavy atom. The third-order valence-electron chi connectivity index (χ3n) is 7.65. The van der Waals surface area contributed by atoms with Crippen molar-refractivity contribution in [3.63, 3.8) is 0 Å². The van der Waals surface area contributed by atoms with E-state index in [0.29, 0.717) is 27.3 Å². The summed E-state index contributed by atoms with van der Waals surface area (Å²) in [6.07, 6.45) is 6.49. The lowest BCUT2D eigenvalue weighted by atomic mass is 9.69. The van der Waals surface area contributed by atoms with E-state index in [0.717, 1.165) is 38.5 Å². The van der Waals surface area contributed by atoms with E-state index < -0.39 is 0 Å².